The van der Waals surface area contributed by atoms with Crippen molar-refractivity contribution < 1.29 is 9.90 Å². The number of carboxylic acids is 1. The summed E-state index contributed by atoms with van der Waals surface area (Å²) in [5, 5.41) is 8.83. The Morgan fingerprint density at radius 2 is 2.18 bits per heavy atom. The van der Waals surface area contributed by atoms with Crippen LogP contribution in [-0.4, -0.2) is 11.1 Å². The van der Waals surface area contributed by atoms with Crippen LogP contribution >= 0.6 is 0 Å². The van der Waals surface area contributed by atoms with Crippen LogP contribution in [0, 0.1) is 5.41 Å². The molecule has 0 amide bonds. The molecule has 0 aliphatic carbocycles. The lowest BCUT2D eigenvalue weighted by Crippen LogP contribution is -2.25. The molecular formula is C9H16O2. The second-order valence-corrected chi connectivity index (χ2v) is 2.99. The van der Waals surface area contributed by atoms with Gasteiger partial charge in [0.15, 0.2) is 0 Å². The van der Waals surface area contributed by atoms with Crippen LogP contribution in [0.25, 0.3) is 0 Å². The summed E-state index contributed by atoms with van der Waals surface area (Å²) in [6.45, 7) is 5.57. The lowest BCUT2D eigenvalue weighted by Gasteiger charge is -2.20. The fourth-order valence-electron chi connectivity index (χ4n) is 0.761. The highest BCUT2D eigenvalue weighted by atomic mass is 16.4. The maximum Gasteiger partial charge on any atom is 0.309 e. The summed E-state index contributed by atoms with van der Waals surface area (Å²) in [7, 11) is 0. The first-order valence-corrected chi connectivity index (χ1v) is 3.91. The van der Waals surface area contributed by atoms with Gasteiger partial charge < -0.3 is 5.11 Å². The molecule has 2 heteroatoms. The molecule has 0 radical (unpaired) electrons. The van der Waals surface area contributed by atoms with E-state index in [9.17, 15) is 4.79 Å². The molecule has 0 aromatic heterocycles. The molecule has 0 saturated heterocycles. The number of aliphatic carboxylic acids is 1. The summed E-state index contributed by atoms with van der Waals surface area (Å²) in [5.41, 5.74) is -0.577. The Bertz CT molecular complexity index is 161. The summed E-state index contributed by atoms with van der Waals surface area (Å²) in [5.74, 6) is -0.710. The fourth-order valence-corrected chi connectivity index (χ4v) is 0.761. The number of carboxylic acid groups (broad SMARTS) is 1. The lowest BCUT2D eigenvalue weighted by molar-refractivity contribution is -0.147. The highest BCUT2D eigenvalue weighted by Crippen LogP contribution is 2.26. The zero-order valence-electron chi connectivity index (χ0n) is 7.42. The minimum atomic E-state index is -0.710. The average molecular weight is 156 g/mol. The third-order valence-corrected chi connectivity index (χ3v) is 2.10. The van der Waals surface area contributed by atoms with E-state index in [-0.39, 0.29) is 0 Å². The van der Waals surface area contributed by atoms with Gasteiger partial charge in [0.25, 0.3) is 0 Å². The number of hydrogen-bond donors (Lipinski definition) is 1. The molecule has 0 aliphatic heterocycles. The van der Waals surface area contributed by atoms with Crippen LogP contribution in [0.5, 0.6) is 0 Å². The molecule has 0 saturated carbocycles. The van der Waals surface area contributed by atoms with E-state index in [1.54, 1.807) is 6.92 Å². The summed E-state index contributed by atoms with van der Waals surface area (Å²) < 4.78 is 0. The predicted molar refractivity (Wildman–Crippen MR) is 45.5 cm³/mol. The molecule has 1 N–H and O–H groups in total. The molecular weight excluding hydrogens is 140 g/mol. The Morgan fingerprint density at radius 3 is 2.45 bits per heavy atom. The molecule has 0 unspecified atom stereocenters. The van der Waals surface area contributed by atoms with E-state index < -0.39 is 11.4 Å². The molecule has 64 valence electrons. The molecule has 1 atom stereocenters. The normalized spacial score (nSPS) is 16.6. The van der Waals surface area contributed by atoms with Crippen molar-refractivity contribution in [2.75, 3.05) is 0 Å². The third kappa shape index (κ3) is 2.74. The summed E-state index contributed by atoms with van der Waals surface area (Å²) in [4.78, 5) is 10.7. The number of rotatable bonds is 4. The van der Waals surface area contributed by atoms with Crippen molar-refractivity contribution in [2.24, 2.45) is 5.41 Å². The van der Waals surface area contributed by atoms with Crippen molar-refractivity contribution in [1.29, 1.82) is 0 Å². The monoisotopic (exact) mass is 156 g/mol. The molecule has 11 heavy (non-hydrogen) atoms. The Kier molecular flexibility index (Phi) is 3.86. The highest BCUT2D eigenvalue weighted by molar-refractivity contribution is 5.74. The quantitative estimate of drug-likeness (QED) is 0.635. The van der Waals surface area contributed by atoms with Crippen molar-refractivity contribution in [1.82, 2.24) is 0 Å². The van der Waals surface area contributed by atoms with Crippen molar-refractivity contribution >= 4 is 5.97 Å². The van der Waals surface area contributed by atoms with Crippen molar-refractivity contribution in [3.05, 3.63) is 12.2 Å². The van der Waals surface area contributed by atoms with Gasteiger partial charge in [0, 0.05) is 0 Å². The van der Waals surface area contributed by atoms with Gasteiger partial charge in [0.1, 0.15) is 0 Å². The summed E-state index contributed by atoms with van der Waals surface area (Å²) in [6.07, 6.45) is 5.08. The molecule has 0 aliphatic rings. The zero-order valence-corrected chi connectivity index (χ0v) is 7.42. The number of carbonyl (C=O) groups is 1. The van der Waals surface area contributed by atoms with Crippen LogP contribution in [0.1, 0.15) is 33.6 Å². The SMILES string of the molecule is CC=CC[C@](C)(CC)C(=O)O. The fraction of sp³-hybridized carbons (Fsp3) is 0.667. The lowest BCUT2D eigenvalue weighted by atomic mass is 9.84. The van der Waals surface area contributed by atoms with Crippen molar-refractivity contribution in [2.45, 2.75) is 33.6 Å². The topological polar surface area (TPSA) is 37.3 Å². The standard InChI is InChI=1S/C9H16O2/c1-4-6-7-9(3,5-2)8(10)11/h4,6H,5,7H2,1-3H3,(H,10,11)/t9-/m0/s1. The van der Waals surface area contributed by atoms with Gasteiger partial charge in [0.05, 0.1) is 5.41 Å². The molecule has 0 aromatic carbocycles. The molecule has 0 spiro atoms. The van der Waals surface area contributed by atoms with E-state index >= 15 is 0 Å². The van der Waals surface area contributed by atoms with Crippen LogP contribution in [-0.2, 0) is 4.79 Å². The van der Waals surface area contributed by atoms with Gasteiger partial charge in [-0.2, -0.15) is 0 Å². The van der Waals surface area contributed by atoms with E-state index in [1.807, 2.05) is 26.0 Å². The highest BCUT2D eigenvalue weighted by Gasteiger charge is 2.29. The summed E-state index contributed by atoms with van der Waals surface area (Å²) >= 11 is 0. The first-order valence-electron chi connectivity index (χ1n) is 3.91. The molecule has 0 rings (SSSR count). The Hall–Kier alpha value is -0.790. The smallest absolute Gasteiger partial charge is 0.309 e. The third-order valence-electron chi connectivity index (χ3n) is 2.10. The number of hydrogen-bond acceptors (Lipinski definition) is 1. The average Bonchev–Trinajstić information content (AvgIpc) is 2.00. The minimum absolute atomic E-state index is 0.577. The van der Waals surface area contributed by atoms with E-state index in [1.165, 1.54) is 0 Å². The van der Waals surface area contributed by atoms with Crippen LogP contribution in [0.3, 0.4) is 0 Å². The van der Waals surface area contributed by atoms with Crippen LogP contribution in [0.15, 0.2) is 12.2 Å². The van der Waals surface area contributed by atoms with Crippen LogP contribution in [0.4, 0.5) is 0 Å². The molecule has 0 aromatic rings. The second kappa shape index (κ2) is 4.16. The van der Waals surface area contributed by atoms with E-state index in [0.29, 0.717) is 12.8 Å². The van der Waals surface area contributed by atoms with Gasteiger partial charge in [-0.3, -0.25) is 4.79 Å². The minimum Gasteiger partial charge on any atom is -0.481 e. The molecule has 0 heterocycles. The maximum atomic E-state index is 10.7. The Balaban J connectivity index is 4.22. The molecule has 0 bridgehead atoms. The largest absolute Gasteiger partial charge is 0.481 e. The van der Waals surface area contributed by atoms with Crippen molar-refractivity contribution in [3.63, 3.8) is 0 Å². The van der Waals surface area contributed by atoms with E-state index in [0.717, 1.165) is 0 Å². The molecule has 0 fully saturated rings. The Morgan fingerprint density at radius 1 is 1.64 bits per heavy atom. The summed E-state index contributed by atoms with van der Waals surface area (Å²) in [6, 6.07) is 0. The Labute approximate surface area is 67.9 Å². The van der Waals surface area contributed by atoms with Crippen molar-refractivity contribution in [3.8, 4) is 0 Å². The first-order chi connectivity index (χ1) is 5.06. The van der Waals surface area contributed by atoms with Gasteiger partial charge in [-0.05, 0) is 26.7 Å². The first kappa shape index (κ1) is 10.2. The van der Waals surface area contributed by atoms with E-state index in [2.05, 4.69) is 0 Å². The van der Waals surface area contributed by atoms with Gasteiger partial charge >= 0.3 is 5.97 Å². The number of allylic oxidation sites excluding steroid dienone is 2. The predicted octanol–water partition coefficient (Wildman–Crippen LogP) is 2.45. The van der Waals surface area contributed by atoms with Gasteiger partial charge in [-0.1, -0.05) is 19.1 Å². The maximum absolute atomic E-state index is 10.7. The second-order valence-electron chi connectivity index (χ2n) is 2.99. The van der Waals surface area contributed by atoms with Gasteiger partial charge in [-0.25, -0.2) is 0 Å². The molecule has 2 nitrogen and oxygen atoms in total. The van der Waals surface area contributed by atoms with Crippen LogP contribution in [0.2, 0.25) is 0 Å². The van der Waals surface area contributed by atoms with Gasteiger partial charge in [-0.15, -0.1) is 0 Å². The van der Waals surface area contributed by atoms with Crippen LogP contribution < -0.4 is 0 Å². The zero-order chi connectivity index (χ0) is 8.91. The van der Waals surface area contributed by atoms with Gasteiger partial charge in [0.2, 0.25) is 0 Å². The van der Waals surface area contributed by atoms with E-state index in [4.69, 9.17) is 5.11 Å².